The third-order valence-electron chi connectivity index (χ3n) is 3.89. The van der Waals surface area contributed by atoms with Gasteiger partial charge in [-0.1, -0.05) is 18.2 Å². The quantitative estimate of drug-likeness (QED) is 0.388. The predicted octanol–water partition coefficient (Wildman–Crippen LogP) is 5.10. The van der Waals surface area contributed by atoms with Crippen LogP contribution in [0.4, 0.5) is 10.1 Å². The molecular weight excluding hydrogens is 401 g/mol. The van der Waals surface area contributed by atoms with Gasteiger partial charge in [-0.25, -0.2) is 14.4 Å². The molecule has 0 bridgehead atoms. The molecule has 0 atom stereocenters. The molecule has 1 heterocycles. The zero-order valence-corrected chi connectivity index (χ0v) is 16.9. The van der Waals surface area contributed by atoms with Crippen LogP contribution in [0.2, 0.25) is 0 Å². The van der Waals surface area contributed by atoms with Crippen molar-refractivity contribution in [3.8, 4) is 11.9 Å². The summed E-state index contributed by atoms with van der Waals surface area (Å²) in [7, 11) is 1.49. The number of nitrogens with one attached hydrogen (secondary N) is 2. The lowest BCUT2D eigenvalue weighted by Gasteiger charge is -2.08. The van der Waals surface area contributed by atoms with Crippen LogP contribution >= 0.6 is 11.9 Å². The first-order valence-corrected chi connectivity index (χ1v) is 9.68. The van der Waals surface area contributed by atoms with E-state index in [-0.39, 0.29) is 0 Å². The zero-order chi connectivity index (χ0) is 21.2. The number of benzene rings is 2. The van der Waals surface area contributed by atoms with Crippen molar-refractivity contribution in [1.82, 2.24) is 14.7 Å². The Labute approximate surface area is 177 Å². The van der Waals surface area contributed by atoms with Crippen LogP contribution in [0, 0.1) is 11.3 Å². The molecule has 150 valence electrons. The summed E-state index contributed by atoms with van der Waals surface area (Å²) in [5, 5.41) is 12.7. The monoisotopic (exact) mass is 419 g/mol. The van der Waals surface area contributed by atoms with E-state index in [2.05, 4.69) is 26.1 Å². The molecule has 0 saturated carbocycles. The molecular formula is C22H18FN5OS. The third-order valence-corrected chi connectivity index (χ3v) is 4.74. The fraction of sp³-hybridized carbons (Fsp3) is 0.0455. The van der Waals surface area contributed by atoms with Crippen LogP contribution in [0.15, 0.2) is 90.0 Å². The van der Waals surface area contributed by atoms with E-state index in [4.69, 9.17) is 4.74 Å². The molecule has 0 unspecified atom stereocenters. The van der Waals surface area contributed by atoms with Crippen molar-refractivity contribution >= 4 is 28.7 Å². The van der Waals surface area contributed by atoms with Crippen molar-refractivity contribution in [2.24, 2.45) is 0 Å². The van der Waals surface area contributed by atoms with Gasteiger partial charge in [0.05, 0.1) is 30.8 Å². The second-order valence-electron chi connectivity index (χ2n) is 5.82. The van der Waals surface area contributed by atoms with Gasteiger partial charge in [0.25, 0.3) is 0 Å². The molecule has 2 aromatic carbocycles. The third kappa shape index (κ3) is 5.37. The maximum Gasteiger partial charge on any atom is 0.232 e. The molecule has 30 heavy (non-hydrogen) atoms. The SMILES string of the molecule is COc1cnc2ccc(N/C=C/C(=C\C=C\F)NSc3ccccc3)c(C#N)c2n1. The van der Waals surface area contributed by atoms with E-state index in [0.29, 0.717) is 40.2 Å². The van der Waals surface area contributed by atoms with Gasteiger partial charge in [0, 0.05) is 16.8 Å². The average Bonchev–Trinajstić information content (AvgIpc) is 2.80. The molecule has 3 rings (SSSR count). The minimum atomic E-state index is 0.331. The first kappa shape index (κ1) is 20.9. The Morgan fingerprint density at radius 3 is 2.80 bits per heavy atom. The van der Waals surface area contributed by atoms with E-state index in [1.807, 2.05) is 30.3 Å². The highest BCUT2D eigenvalue weighted by molar-refractivity contribution is 7.97. The van der Waals surface area contributed by atoms with Crippen molar-refractivity contribution in [2.45, 2.75) is 4.90 Å². The van der Waals surface area contributed by atoms with Gasteiger partial charge in [-0.15, -0.1) is 0 Å². The molecule has 0 amide bonds. The molecule has 0 aliphatic rings. The highest BCUT2D eigenvalue weighted by atomic mass is 32.2. The first-order chi connectivity index (χ1) is 14.7. The Morgan fingerprint density at radius 1 is 1.23 bits per heavy atom. The van der Waals surface area contributed by atoms with Crippen molar-refractivity contribution in [3.63, 3.8) is 0 Å². The summed E-state index contributed by atoms with van der Waals surface area (Å²) >= 11 is 1.40. The average molecular weight is 419 g/mol. The second-order valence-corrected chi connectivity index (χ2v) is 6.69. The number of hydrogen-bond acceptors (Lipinski definition) is 7. The minimum Gasteiger partial charge on any atom is -0.480 e. The minimum absolute atomic E-state index is 0.331. The number of halogens is 1. The van der Waals surface area contributed by atoms with Gasteiger partial charge in [0.2, 0.25) is 5.88 Å². The summed E-state index contributed by atoms with van der Waals surface area (Å²) < 4.78 is 20.7. The van der Waals surface area contributed by atoms with Crippen molar-refractivity contribution < 1.29 is 9.13 Å². The summed E-state index contributed by atoms with van der Waals surface area (Å²) in [6.07, 6.45) is 8.23. The molecule has 2 N–H and O–H groups in total. The van der Waals surface area contributed by atoms with Gasteiger partial charge < -0.3 is 14.8 Å². The van der Waals surface area contributed by atoms with Crippen LogP contribution in [0.3, 0.4) is 0 Å². The largest absolute Gasteiger partial charge is 0.480 e. The van der Waals surface area contributed by atoms with Crippen molar-refractivity contribution in [2.75, 3.05) is 12.4 Å². The number of hydrogen-bond donors (Lipinski definition) is 2. The van der Waals surface area contributed by atoms with Gasteiger partial charge in [-0.2, -0.15) is 5.26 Å². The molecule has 0 aliphatic heterocycles. The Morgan fingerprint density at radius 2 is 2.07 bits per heavy atom. The lowest BCUT2D eigenvalue weighted by atomic mass is 10.1. The van der Waals surface area contributed by atoms with E-state index in [0.717, 1.165) is 4.90 Å². The van der Waals surface area contributed by atoms with E-state index < -0.39 is 0 Å². The Balaban J connectivity index is 1.78. The summed E-state index contributed by atoms with van der Waals surface area (Å²) in [5.74, 6) is 0.331. The van der Waals surface area contributed by atoms with E-state index in [1.54, 1.807) is 30.5 Å². The smallest absolute Gasteiger partial charge is 0.232 e. The maximum atomic E-state index is 12.5. The molecule has 0 spiro atoms. The number of aromatic nitrogens is 2. The Hall–Kier alpha value is -3.83. The lowest BCUT2D eigenvalue weighted by molar-refractivity contribution is 0.397. The number of methoxy groups -OCH3 is 1. The van der Waals surface area contributed by atoms with Crippen LogP contribution in [-0.4, -0.2) is 17.1 Å². The van der Waals surface area contributed by atoms with Gasteiger partial charge in [-0.05, 0) is 54.4 Å². The highest BCUT2D eigenvalue weighted by Gasteiger charge is 2.10. The molecule has 0 radical (unpaired) electrons. The molecule has 6 nitrogen and oxygen atoms in total. The predicted molar refractivity (Wildman–Crippen MR) is 117 cm³/mol. The van der Waals surface area contributed by atoms with E-state index in [1.165, 1.54) is 31.3 Å². The fourth-order valence-electron chi connectivity index (χ4n) is 2.48. The second kappa shape index (κ2) is 10.6. The number of anilines is 1. The summed E-state index contributed by atoms with van der Waals surface area (Å²) in [5.41, 5.74) is 2.62. The molecule has 8 heteroatoms. The standard InChI is InChI=1S/C22H18FN5OS/c1-29-21-15-26-20-10-9-19(18(14-24)22(20)27-21)25-13-11-16(6-5-12-23)28-30-17-7-3-2-4-8-17/h2-13,15,25,28H,1H3/b12-5+,13-11+,16-6+. The highest BCUT2D eigenvalue weighted by Crippen LogP contribution is 2.24. The lowest BCUT2D eigenvalue weighted by Crippen LogP contribution is -2.02. The number of ether oxygens (including phenoxy) is 1. The van der Waals surface area contributed by atoms with Crippen LogP contribution in [0.1, 0.15) is 5.56 Å². The molecule has 1 aromatic heterocycles. The van der Waals surface area contributed by atoms with Crippen LogP contribution < -0.4 is 14.8 Å². The number of nitriles is 1. The zero-order valence-electron chi connectivity index (χ0n) is 16.0. The van der Waals surface area contributed by atoms with Crippen LogP contribution in [0.25, 0.3) is 11.0 Å². The molecule has 0 saturated heterocycles. The maximum absolute atomic E-state index is 12.5. The summed E-state index contributed by atoms with van der Waals surface area (Å²) in [4.78, 5) is 9.59. The van der Waals surface area contributed by atoms with Gasteiger partial charge in [0.1, 0.15) is 17.1 Å². The molecule has 0 aliphatic carbocycles. The number of fused-ring (bicyclic) bond motifs is 1. The van der Waals surface area contributed by atoms with E-state index in [9.17, 15) is 9.65 Å². The van der Waals surface area contributed by atoms with Gasteiger partial charge in [-0.3, -0.25) is 0 Å². The van der Waals surface area contributed by atoms with Gasteiger partial charge in [0.15, 0.2) is 0 Å². The van der Waals surface area contributed by atoms with Crippen molar-refractivity contribution in [3.05, 3.63) is 90.7 Å². The fourth-order valence-corrected chi connectivity index (χ4v) is 3.15. The van der Waals surface area contributed by atoms with E-state index >= 15 is 0 Å². The van der Waals surface area contributed by atoms with Gasteiger partial charge >= 0.3 is 0 Å². The topological polar surface area (TPSA) is 82.9 Å². The Kier molecular flexibility index (Phi) is 7.41. The number of allylic oxidation sites excluding steroid dienone is 3. The Bertz CT molecular complexity index is 1140. The van der Waals surface area contributed by atoms with Crippen LogP contribution in [-0.2, 0) is 0 Å². The number of nitrogens with zero attached hydrogens (tertiary/aromatic N) is 3. The first-order valence-electron chi connectivity index (χ1n) is 8.87. The summed E-state index contributed by atoms with van der Waals surface area (Å²) in [6, 6.07) is 15.4. The molecule has 3 aromatic rings. The molecule has 0 fully saturated rings. The summed E-state index contributed by atoms with van der Waals surface area (Å²) in [6.45, 7) is 0. The number of rotatable bonds is 8. The van der Waals surface area contributed by atoms with Crippen molar-refractivity contribution in [1.29, 1.82) is 5.26 Å². The normalized spacial score (nSPS) is 11.7. The van der Waals surface area contributed by atoms with Crippen LogP contribution in [0.5, 0.6) is 5.88 Å².